The van der Waals surface area contributed by atoms with Crippen LogP contribution in [0.25, 0.3) is 0 Å². The van der Waals surface area contributed by atoms with Crippen molar-refractivity contribution in [2.45, 2.75) is 43.8 Å². The lowest BCUT2D eigenvalue weighted by atomic mass is 10.0. The maximum atomic E-state index is 14.6. The number of nitrogens with zero attached hydrogens (tertiary/aromatic N) is 1. The molecule has 2 aromatic carbocycles. The van der Waals surface area contributed by atoms with Crippen LogP contribution in [0.2, 0.25) is 5.02 Å². The Kier molecular flexibility index (Phi) is 7.99. The Morgan fingerprint density at radius 1 is 1.30 bits per heavy atom. The number of hydrogen-bond donors (Lipinski definition) is 2. The van der Waals surface area contributed by atoms with Crippen molar-refractivity contribution in [2.75, 3.05) is 18.8 Å². The summed E-state index contributed by atoms with van der Waals surface area (Å²) in [6.45, 7) is 4.12. The van der Waals surface area contributed by atoms with Gasteiger partial charge in [0, 0.05) is 52.5 Å². The van der Waals surface area contributed by atoms with Gasteiger partial charge >= 0.3 is 0 Å². The van der Waals surface area contributed by atoms with E-state index in [0.29, 0.717) is 33.3 Å². The highest BCUT2D eigenvalue weighted by molar-refractivity contribution is 7.85. The summed E-state index contributed by atoms with van der Waals surface area (Å²) in [5.41, 5.74) is 7.48. The first kappa shape index (κ1) is 22.9. The summed E-state index contributed by atoms with van der Waals surface area (Å²) in [6.07, 6.45) is 2.01. The smallest absolute Gasteiger partial charge is 0.251 e. The molecule has 1 heterocycles. The molecule has 0 aliphatic carbocycles. The topological polar surface area (TPSA) is 75.4 Å². The first-order chi connectivity index (χ1) is 14.4. The van der Waals surface area contributed by atoms with Gasteiger partial charge in [0.05, 0.1) is 10.8 Å². The molecule has 0 aromatic heterocycles. The number of carbonyl (C=O) groups excluding carboxylic acids is 1. The van der Waals surface area contributed by atoms with E-state index in [9.17, 15) is 13.4 Å². The molecule has 1 aliphatic heterocycles. The van der Waals surface area contributed by atoms with E-state index in [-0.39, 0.29) is 18.2 Å². The van der Waals surface area contributed by atoms with Gasteiger partial charge < -0.3 is 11.1 Å². The lowest BCUT2D eigenvalue weighted by Gasteiger charge is -2.30. The number of carbonyl (C=O) groups is 1. The van der Waals surface area contributed by atoms with E-state index in [2.05, 4.69) is 10.2 Å². The van der Waals surface area contributed by atoms with Crippen LogP contribution < -0.4 is 11.1 Å². The normalized spacial score (nSPS) is 18.2. The summed E-state index contributed by atoms with van der Waals surface area (Å²) in [4.78, 5) is 15.3. The molecule has 0 spiro atoms. The SMILES string of the molecule is CCS(=O)c1ccc(Cl)cc1CNC(=O)c1ccc(CN2CCC[C@@H](N)C2)c(F)c1. The molecule has 8 heteroatoms. The molecule has 0 saturated carbocycles. The van der Waals surface area contributed by atoms with Gasteiger partial charge in [0.2, 0.25) is 0 Å². The highest BCUT2D eigenvalue weighted by Crippen LogP contribution is 2.20. The Hall–Kier alpha value is -1.80. The van der Waals surface area contributed by atoms with Crippen molar-refractivity contribution in [2.24, 2.45) is 5.73 Å². The summed E-state index contributed by atoms with van der Waals surface area (Å²) in [6, 6.07) is 9.76. The number of amides is 1. The van der Waals surface area contributed by atoms with Crippen molar-refractivity contribution in [3.63, 3.8) is 0 Å². The zero-order valence-corrected chi connectivity index (χ0v) is 18.6. The molecular formula is C22H27ClFN3O2S. The third-order valence-corrected chi connectivity index (χ3v) is 6.87. The number of piperidine rings is 1. The van der Waals surface area contributed by atoms with Crippen LogP contribution >= 0.6 is 11.6 Å². The van der Waals surface area contributed by atoms with Crippen LogP contribution in [0.3, 0.4) is 0 Å². The minimum atomic E-state index is -1.17. The Morgan fingerprint density at radius 2 is 2.10 bits per heavy atom. The first-order valence-electron chi connectivity index (χ1n) is 10.1. The molecule has 162 valence electrons. The summed E-state index contributed by atoms with van der Waals surface area (Å²) in [7, 11) is -1.17. The van der Waals surface area contributed by atoms with E-state index in [1.165, 1.54) is 6.07 Å². The van der Waals surface area contributed by atoms with Crippen LogP contribution in [0.4, 0.5) is 4.39 Å². The van der Waals surface area contributed by atoms with Gasteiger partial charge in [-0.3, -0.25) is 13.9 Å². The second-order valence-electron chi connectivity index (χ2n) is 7.51. The first-order valence-corrected chi connectivity index (χ1v) is 11.8. The fourth-order valence-corrected chi connectivity index (χ4v) is 4.78. The molecule has 2 aromatic rings. The predicted octanol–water partition coefficient (Wildman–Crippen LogP) is 3.46. The maximum absolute atomic E-state index is 14.6. The van der Waals surface area contributed by atoms with Gasteiger partial charge in [-0.15, -0.1) is 0 Å². The summed E-state index contributed by atoms with van der Waals surface area (Å²) >= 11 is 6.05. The molecule has 1 amide bonds. The van der Waals surface area contributed by atoms with E-state index in [1.807, 2.05) is 6.92 Å². The molecular weight excluding hydrogens is 425 g/mol. The van der Waals surface area contributed by atoms with Gasteiger partial charge in [-0.2, -0.15) is 0 Å². The predicted molar refractivity (Wildman–Crippen MR) is 118 cm³/mol. The average Bonchev–Trinajstić information content (AvgIpc) is 2.73. The Labute approximate surface area is 184 Å². The number of nitrogens with two attached hydrogens (primary N) is 1. The standard InChI is InChI=1S/C22H27ClFN3O2S/c1-2-30(29)21-8-7-18(23)10-17(21)12-26-22(28)15-5-6-16(20(24)11-15)13-27-9-3-4-19(25)14-27/h5-8,10-11,19H,2-4,9,12-14,25H2,1H3,(H,26,28)/t19-,30?/m1/s1. The molecule has 1 unspecified atom stereocenters. The monoisotopic (exact) mass is 451 g/mol. The molecule has 1 fully saturated rings. The van der Waals surface area contributed by atoms with Crippen LogP contribution in [0.15, 0.2) is 41.3 Å². The molecule has 2 atom stereocenters. The zero-order valence-electron chi connectivity index (χ0n) is 17.0. The van der Waals surface area contributed by atoms with Crippen molar-refractivity contribution in [1.82, 2.24) is 10.2 Å². The number of hydrogen-bond acceptors (Lipinski definition) is 4. The number of benzene rings is 2. The van der Waals surface area contributed by atoms with E-state index >= 15 is 0 Å². The largest absolute Gasteiger partial charge is 0.348 e. The zero-order chi connectivity index (χ0) is 21.7. The highest BCUT2D eigenvalue weighted by atomic mass is 35.5. The van der Waals surface area contributed by atoms with Gasteiger partial charge in [0.15, 0.2) is 0 Å². The van der Waals surface area contributed by atoms with Crippen molar-refractivity contribution in [1.29, 1.82) is 0 Å². The number of halogens is 2. The third kappa shape index (κ3) is 5.88. The van der Waals surface area contributed by atoms with Crippen molar-refractivity contribution in [3.8, 4) is 0 Å². The van der Waals surface area contributed by atoms with Crippen LogP contribution in [-0.4, -0.2) is 39.9 Å². The summed E-state index contributed by atoms with van der Waals surface area (Å²) < 4.78 is 26.8. The second-order valence-corrected chi connectivity index (χ2v) is 9.66. The maximum Gasteiger partial charge on any atom is 0.251 e. The van der Waals surface area contributed by atoms with E-state index in [4.69, 9.17) is 17.3 Å². The second kappa shape index (κ2) is 10.5. The quantitative estimate of drug-likeness (QED) is 0.676. The lowest BCUT2D eigenvalue weighted by Crippen LogP contribution is -2.42. The Morgan fingerprint density at radius 3 is 2.80 bits per heavy atom. The van der Waals surface area contributed by atoms with Gasteiger partial charge in [0.25, 0.3) is 5.91 Å². The molecule has 1 saturated heterocycles. The van der Waals surface area contributed by atoms with Gasteiger partial charge in [-0.05, 0) is 55.3 Å². The molecule has 1 aliphatic rings. The van der Waals surface area contributed by atoms with E-state index in [1.54, 1.807) is 30.3 Å². The molecule has 0 radical (unpaired) electrons. The van der Waals surface area contributed by atoms with Crippen LogP contribution in [0, 0.1) is 5.82 Å². The Bertz CT molecular complexity index is 941. The Balaban J connectivity index is 1.66. The molecule has 3 N–H and O–H groups in total. The highest BCUT2D eigenvalue weighted by Gasteiger charge is 2.19. The average molecular weight is 452 g/mol. The van der Waals surface area contributed by atoms with Gasteiger partial charge in [0.1, 0.15) is 5.82 Å². The molecule has 0 bridgehead atoms. The van der Waals surface area contributed by atoms with E-state index < -0.39 is 22.5 Å². The molecule has 30 heavy (non-hydrogen) atoms. The van der Waals surface area contributed by atoms with Crippen LogP contribution in [-0.2, 0) is 23.9 Å². The van der Waals surface area contributed by atoms with E-state index in [0.717, 1.165) is 25.9 Å². The minimum Gasteiger partial charge on any atom is -0.348 e. The van der Waals surface area contributed by atoms with Crippen molar-refractivity contribution < 1.29 is 13.4 Å². The van der Waals surface area contributed by atoms with Gasteiger partial charge in [-0.1, -0.05) is 24.6 Å². The number of rotatable bonds is 7. The third-order valence-electron chi connectivity index (χ3n) is 5.22. The van der Waals surface area contributed by atoms with Crippen LogP contribution in [0.5, 0.6) is 0 Å². The molecule has 3 rings (SSSR count). The summed E-state index contributed by atoms with van der Waals surface area (Å²) in [5, 5.41) is 3.27. The van der Waals surface area contributed by atoms with Crippen molar-refractivity contribution >= 4 is 28.3 Å². The molecule has 5 nitrogen and oxygen atoms in total. The fourth-order valence-electron chi connectivity index (χ4n) is 3.63. The van der Waals surface area contributed by atoms with Crippen LogP contribution in [0.1, 0.15) is 41.3 Å². The fraction of sp³-hybridized carbons (Fsp3) is 0.409. The minimum absolute atomic E-state index is 0.130. The summed E-state index contributed by atoms with van der Waals surface area (Å²) in [5.74, 6) is -0.331. The van der Waals surface area contributed by atoms with Crippen molar-refractivity contribution in [3.05, 3.63) is 63.9 Å². The number of likely N-dealkylation sites (tertiary alicyclic amines) is 1. The number of nitrogens with one attached hydrogen (secondary N) is 1. The van der Waals surface area contributed by atoms with Gasteiger partial charge in [-0.25, -0.2) is 4.39 Å². The lowest BCUT2D eigenvalue weighted by molar-refractivity contribution is 0.0950.